The molecule has 0 radical (unpaired) electrons. The minimum Gasteiger partial charge on any atom is -0.434 e. The fourth-order valence-electron chi connectivity index (χ4n) is 3.80. The highest BCUT2D eigenvalue weighted by Gasteiger charge is 2.16. The monoisotopic (exact) mass is 662 g/mol. The van der Waals surface area contributed by atoms with E-state index in [1.165, 1.54) is 18.3 Å². The van der Waals surface area contributed by atoms with Crippen molar-refractivity contribution in [3.05, 3.63) is 66.8 Å². The Labute approximate surface area is 221 Å². The van der Waals surface area contributed by atoms with Gasteiger partial charge in [0.1, 0.15) is 0 Å². The van der Waals surface area contributed by atoms with Crippen molar-refractivity contribution < 1.29 is 14.3 Å². The average molecular weight is 662 g/mol. The third-order valence-corrected chi connectivity index (χ3v) is 7.12. The first-order valence-corrected chi connectivity index (χ1v) is 13.9. The van der Waals surface area contributed by atoms with Gasteiger partial charge in [-0.2, -0.15) is 0 Å². The maximum Gasteiger partial charge on any atom is 0.508 e. The molecule has 0 saturated carbocycles. The Hall–Kier alpha value is -0.830. The van der Waals surface area contributed by atoms with Crippen LogP contribution < -0.4 is 0 Å². The van der Waals surface area contributed by atoms with Crippen LogP contribution in [0.3, 0.4) is 0 Å². The summed E-state index contributed by atoms with van der Waals surface area (Å²) in [6.45, 7) is 5.23. The van der Waals surface area contributed by atoms with E-state index in [1.54, 1.807) is 0 Å². The highest BCUT2D eigenvalue weighted by molar-refractivity contribution is 14.1. The quantitative estimate of drug-likeness (QED) is 0.151. The standard InChI is InChI=1S/C27H36I2O3/c1-3-5-7-23(17-21-9-13-25(28)14-10-21)19-31-27(30)32-20-24(8-6-4-2)18-22-11-15-26(29)16-12-22/h9-16,23-24H,3-8,17-20H2,1-2H3. The van der Waals surface area contributed by atoms with Gasteiger partial charge in [-0.05, 0) is 118 Å². The van der Waals surface area contributed by atoms with Crippen LogP contribution in [0, 0.1) is 19.0 Å². The van der Waals surface area contributed by atoms with E-state index < -0.39 is 6.16 Å². The van der Waals surface area contributed by atoms with Crippen molar-refractivity contribution in [3.63, 3.8) is 0 Å². The molecule has 0 saturated heterocycles. The van der Waals surface area contributed by atoms with Gasteiger partial charge in [-0.15, -0.1) is 0 Å². The molecule has 2 aromatic carbocycles. The van der Waals surface area contributed by atoms with Gasteiger partial charge >= 0.3 is 6.16 Å². The summed E-state index contributed by atoms with van der Waals surface area (Å²) in [5.74, 6) is 0.649. The van der Waals surface area contributed by atoms with Crippen molar-refractivity contribution in [1.82, 2.24) is 0 Å². The van der Waals surface area contributed by atoms with Crippen molar-refractivity contribution in [2.75, 3.05) is 13.2 Å². The van der Waals surface area contributed by atoms with Gasteiger partial charge in [0.2, 0.25) is 0 Å². The molecule has 2 aromatic rings. The van der Waals surface area contributed by atoms with Gasteiger partial charge in [-0.25, -0.2) is 4.79 Å². The Morgan fingerprint density at radius 2 is 1.09 bits per heavy atom. The van der Waals surface area contributed by atoms with Crippen LogP contribution in [0.4, 0.5) is 4.79 Å². The fourth-order valence-corrected chi connectivity index (χ4v) is 4.51. The van der Waals surface area contributed by atoms with Crippen LogP contribution in [-0.2, 0) is 22.3 Å². The first kappa shape index (κ1) is 27.4. The Kier molecular flexibility index (Phi) is 13.6. The van der Waals surface area contributed by atoms with E-state index in [0.29, 0.717) is 25.0 Å². The second-order valence-corrected chi connectivity index (χ2v) is 11.0. The number of carbonyl (C=O) groups is 1. The van der Waals surface area contributed by atoms with Crippen LogP contribution >= 0.6 is 45.2 Å². The molecule has 0 aromatic heterocycles. The topological polar surface area (TPSA) is 35.5 Å². The number of unbranched alkanes of at least 4 members (excludes halogenated alkanes) is 2. The summed E-state index contributed by atoms with van der Waals surface area (Å²) < 4.78 is 13.6. The van der Waals surface area contributed by atoms with Gasteiger partial charge in [-0.1, -0.05) is 63.8 Å². The van der Waals surface area contributed by atoms with Crippen molar-refractivity contribution in [3.8, 4) is 0 Å². The molecule has 2 atom stereocenters. The molecule has 0 N–H and O–H groups in total. The lowest BCUT2D eigenvalue weighted by atomic mass is 9.95. The molecule has 176 valence electrons. The van der Waals surface area contributed by atoms with Crippen LogP contribution in [0.25, 0.3) is 0 Å². The number of hydrogen-bond donors (Lipinski definition) is 0. The molecule has 0 heterocycles. The Balaban J connectivity index is 1.83. The second kappa shape index (κ2) is 15.9. The molecule has 0 bridgehead atoms. The zero-order valence-electron chi connectivity index (χ0n) is 19.3. The lowest BCUT2D eigenvalue weighted by Crippen LogP contribution is -2.20. The van der Waals surface area contributed by atoms with E-state index in [-0.39, 0.29) is 0 Å². The summed E-state index contributed by atoms with van der Waals surface area (Å²) in [4.78, 5) is 12.3. The Morgan fingerprint density at radius 1 is 0.719 bits per heavy atom. The number of hydrogen-bond acceptors (Lipinski definition) is 3. The summed E-state index contributed by atoms with van der Waals surface area (Å²) in [5.41, 5.74) is 2.58. The molecule has 2 rings (SSSR count). The van der Waals surface area contributed by atoms with E-state index in [1.807, 2.05) is 0 Å². The number of benzene rings is 2. The molecule has 5 heteroatoms. The van der Waals surface area contributed by atoms with Crippen molar-refractivity contribution in [1.29, 1.82) is 0 Å². The molecule has 0 aliphatic rings. The zero-order chi connectivity index (χ0) is 23.2. The molecular formula is C27H36I2O3. The predicted octanol–water partition coefficient (Wildman–Crippen LogP) is 8.45. The molecule has 0 fully saturated rings. The smallest absolute Gasteiger partial charge is 0.434 e. The predicted molar refractivity (Wildman–Crippen MR) is 149 cm³/mol. The molecule has 0 aliphatic carbocycles. The van der Waals surface area contributed by atoms with Crippen LogP contribution in [0.15, 0.2) is 48.5 Å². The minimum absolute atomic E-state index is 0.324. The molecule has 3 nitrogen and oxygen atoms in total. The first-order chi connectivity index (χ1) is 15.5. The van der Waals surface area contributed by atoms with E-state index in [0.717, 1.165) is 51.4 Å². The minimum atomic E-state index is -0.529. The normalized spacial score (nSPS) is 12.9. The highest BCUT2D eigenvalue weighted by atomic mass is 127. The van der Waals surface area contributed by atoms with E-state index in [9.17, 15) is 4.79 Å². The third kappa shape index (κ3) is 11.3. The Morgan fingerprint density at radius 3 is 1.44 bits per heavy atom. The maximum absolute atomic E-state index is 12.3. The summed E-state index contributed by atoms with van der Waals surface area (Å²) in [5, 5.41) is 0. The summed E-state index contributed by atoms with van der Waals surface area (Å²) in [7, 11) is 0. The first-order valence-electron chi connectivity index (χ1n) is 11.8. The highest BCUT2D eigenvalue weighted by Crippen LogP contribution is 2.19. The van der Waals surface area contributed by atoms with Crippen LogP contribution in [0.5, 0.6) is 0 Å². The van der Waals surface area contributed by atoms with Crippen molar-refractivity contribution in [2.45, 2.75) is 65.2 Å². The van der Waals surface area contributed by atoms with Gasteiger partial charge in [0.25, 0.3) is 0 Å². The second-order valence-electron chi connectivity index (χ2n) is 8.55. The number of ether oxygens (including phenoxy) is 2. The molecule has 32 heavy (non-hydrogen) atoms. The van der Waals surface area contributed by atoms with Gasteiger partial charge in [-0.3, -0.25) is 0 Å². The molecule has 0 amide bonds. The van der Waals surface area contributed by atoms with Gasteiger partial charge in [0, 0.05) is 7.14 Å². The van der Waals surface area contributed by atoms with Gasteiger partial charge < -0.3 is 9.47 Å². The maximum atomic E-state index is 12.3. The van der Waals surface area contributed by atoms with Crippen LogP contribution in [-0.4, -0.2) is 19.4 Å². The molecule has 0 spiro atoms. The summed E-state index contributed by atoms with van der Waals surface area (Å²) >= 11 is 4.64. The number of carbonyl (C=O) groups excluding carboxylic acids is 1. The van der Waals surface area contributed by atoms with E-state index >= 15 is 0 Å². The van der Waals surface area contributed by atoms with E-state index in [4.69, 9.17) is 9.47 Å². The molecule has 0 aliphatic heterocycles. The van der Waals surface area contributed by atoms with Crippen molar-refractivity contribution >= 4 is 51.3 Å². The van der Waals surface area contributed by atoms with Crippen LogP contribution in [0.1, 0.15) is 63.5 Å². The van der Waals surface area contributed by atoms with Crippen molar-refractivity contribution in [2.24, 2.45) is 11.8 Å². The third-order valence-electron chi connectivity index (χ3n) is 5.68. The van der Waals surface area contributed by atoms with Gasteiger partial charge in [0.15, 0.2) is 0 Å². The summed E-state index contributed by atoms with van der Waals surface area (Å²) in [6, 6.07) is 17.2. The molecule has 2 unspecified atom stereocenters. The van der Waals surface area contributed by atoms with Gasteiger partial charge in [0.05, 0.1) is 13.2 Å². The van der Waals surface area contributed by atoms with E-state index in [2.05, 4.69) is 108 Å². The molecular weight excluding hydrogens is 626 g/mol. The number of rotatable bonds is 14. The Bertz CT molecular complexity index is 709. The zero-order valence-corrected chi connectivity index (χ0v) is 23.6. The lowest BCUT2D eigenvalue weighted by molar-refractivity contribution is 0.0323. The average Bonchev–Trinajstić information content (AvgIpc) is 2.80. The lowest BCUT2D eigenvalue weighted by Gasteiger charge is -2.19. The largest absolute Gasteiger partial charge is 0.508 e. The SMILES string of the molecule is CCCCC(COC(=O)OCC(CCCC)Cc1ccc(I)cc1)Cc1ccc(I)cc1. The van der Waals surface area contributed by atoms with Crippen LogP contribution in [0.2, 0.25) is 0 Å². The number of halogens is 2. The summed E-state index contributed by atoms with van der Waals surface area (Å²) in [6.07, 6.45) is 8.01. The fraction of sp³-hybridized carbons (Fsp3) is 0.519.